The normalized spacial score (nSPS) is 14.0. The maximum Gasteiger partial charge on any atom is 0.433 e. The summed E-state index contributed by atoms with van der Waals surface area (Å²) in [4.78, 5) is 16.8. The molecular weight excluding hydrogens is 485 g/mol. The standard InChI is InChI=1S/C21H13F7N6O/c22-12-3-13(23)19(25)18(24)11(12)8-33-7-10(6-29-33)30-20(35)15-5-17-31-14(9-1-2-9)4-16(21(26,27)28)34(17)32-15/h3-7,9H,1-2,8H2,(H,30,35). The van der Waals surface area contributed by atoms with E-state index in [0.717, 1.165) is 42.0 Å². The molecule has 4 aromatic rings. The van der Waals surface area contributed by atoms with E-state index in [1.165, 1.54) is 0 Å². The largest absolute Gasteiger partial charge is 0.433 e. The number of carbonyl (C=O) groups excluding carboxylic acids is 1. The second-order valence-electron chi connectivity index (χ2n) is 7.97. The first kappa shape index (κ1) is 22.8. The summed E-state index contributed by atoms with van der Waals surface area (Å²) in [5.74, 6) is -7.52. The van der Waals surface area contributed by atoms with E-state index in [-0.39, 0.29) is 34.7 Å². The monoisotopic (exact) mass is 498 g/mol. The minimum absolute atomic E-state index is 0.0122. The highest BCUT2D eigenvalue weighted by molar-refractivity contribution is 6.03. The number of benzene rings is 1. The zero-order valence-corrected chi connectivity index (χ0v) is 17.4. The second-order valence-corrected chi connectivity index (χ2v) is 7.97. The number of carbonyl (C=O) groups is 1. The number of hydrogen-bond donors (Lipinski definition) is 1. The minimum Gasteiger partial charge on any atom is -0.318 e. The van der Waals surface area contributed by atoms with Crippen molar-refractivity contribution in [3.8, 4) is 0 Å². The molecule has 1 fully saturated rings. The molecule has 0 atom stereocenters. The first-order chi connectivity index (χ1) is 16.5. The van der Waals surface area contributed by atoms with E-state index in [4.69, 9.17) is 0 Å². The molecule has 1 amide bonds. The number of nitrogens with one attached hydrogen (secondary N) is 1. The lowest BCUT2D eigenvalue weighted by atomic mass is 10.2. The number of fused-ring (bicyclic) bond motifs is 1. The maximum atomic E-state index is 13.9. The Labute approximate surface area is 191 Å². The third kappa shape index (κ3) is 4.31. The fourth-order valence-electron chi connectivity index (χ4n) is 3.52. The van der Waals surface area contributed by atoms with Gasteiger partial charge in [0.15, 0.2) is 28.8 Å². The number of amides is 1. The Morgan fingerprint density at radius 3 is 2.49 bits per heavy atom. The molecule has 5 rings (SSSR count). The van der Waals surface area contributed by atoms with E-state index in [1.54, 1.807) is 0 Å². The topological polar surface area (TPSA) is 77.1 Å². The Hall–Kier alpha value is -3.97. The molecule has 1 aliphatic carbocycles. The molecule has 1 aromatic carbocycles. The van der Waals surface area contributed by atoms with Gasteiger partial charge in [0.1, 0.15) is 11.5 Å². The molecule has 0 bridgehead atoms. The van der Waals surface area contributed by atoms with Gasteiger partial charge in [-0.15, -0.1) is 0 Å². The number of nitrogens with zero attached hydrogens (tertiary/aromatic N) is 5. The number of aromatic nitrogens is 5. The highest BCUT2D eigenvalue weighted by Gasteiger charge is 2.37. The summed E-state index contributed by atoms with van der Waals surface area (Å²) in [5, 5.41) is 9.87. The predicted octanol–water partition coefficient (Wildman–Crippen LogP) is 4.68. The van der Waals surface area contributed by atoms with Crippen LogP contribution in [0.1, 0.15) is 46.2 Å². The lowest BCUT2D eigenvalue weighted by Crippen LogP contribution is -2.16. The Kier molecular flexibility index (Phi) is 5.25. The van der Waals surface area contributed by atoms with Crippen LogP contribution in [0.5, 0.6) is 0 Å². The molecule has 0 radical (unpaired) electrons. The van der Waals surface area contributed by atoms with Crippen LogP contribution >= 0.6 is 0 Å². The van der Waals surface area contributed by atoms with Crippen LogP contribution in [0.2, 0.25) is 0 Å². The molecule has 182 valence electrons. The van der Waals surface area contributed by atoms with Gasteiger partial charge in [0.05, 0.1) is 18.4 Å². The molecule has 3 heterocycles. The molecule has 1 saturated carbocycles. The number of rotatable bonds is 5. The van der Waals surface area contributed by atoms with Crippen LogP contribution in [-0.2, 0) is 12.7 Å². The summed E-state index contributed by atoms with van der Waals surface area (Å²) in [6.45, 7) is -0.623. The van der Waals surface area contributed by atoms with Crippen molar-refractivity contribution in [1.82, 2.24) is 24.4 Å². The summed E-state index contributed by atoms with van der Waals surface area (Å²) >= 11 is 0. The summed E-state index contributed by atoms with van der Waals surface area (Å²) in [6.07, 6.45) is -1.04. The van der Waals surface area contributed by atoms with Crippen LogP contribution in [0.3, 0.4) is 0 Å². The molecule has 7 nitrogen and oxygen atoms in total. The molecule has 35 heavy (non-hydrogen) atoms. The smallest absolute Gasteiger partial charge is 0.318 e. The van der Waals surface area contributed by atoms with Crippen molar-refractivity contribution >= 4 is 17.2 Å². The molecule has 0 aliphatic heterocycles. The van der Waals surface area contributed by atoms with Gasteiger partial charge in [-0.2, -0.15) is 23.4 Å². The fraction of sp³-hybridized carbons (Fsp3) is 0.238. The number of alkyl halides is 3. The molecule has 14 heteroatoms. The van der Waals surface area contributed by atoms with Crippen molar-refractivity contribution in [2.45, 2.75) is 31.5 Å². The number of hydrogen-bond acceptors (Lipinski definition) is 4. The molecule has 3 aromatic heterocycles. The second kappa shape index (κ2) is 8.06. The van der Waals surface area contributed by atoms with Crippen LogP contribution < -0.4 is 5.32 Å². The van der Waals surface area contributed by atoms with Gasteiger partial charge >= 0.3 is 6.18 Å². The number of halogens is 7. The first-order valence-corrected chi connectivity index (χ1v) is 10.1. The van der Waals surface area contributed by atoms with Crippen molar-refractivity contribution in [2.24, 2.45) is 0 Å². The van der Waals surface area contributed by atoms with Crippen LogP contribution in [-0.4, -0.2) is 30.3 Å². The van der Waals surface area contributed by atoms with Crippen LogP contribution in [0, 0.1) is 23.3 Å². The predicted molar refractivity (Wildman–Crippen MR) is 106 cm³/mol. The van der Waals surface area contributed by atoms with Crippen molar-refractivity contribution in [2.75, 3.05) is 5.32 Å². The molecule has 0 spiro atoms. The highest BCUT2D eigenvalue weighted by Crippen LogP contribution is 2.41. The first-order valence-electron chi connectivity index (χ1n) is 10.1. The van der Waals surface area contributed by atoms with E-state index >= 15 is 0 Å². The van der Waals surface area contributed by atoms with Gasteiger partial charge in [0.2, 0.25) is 0 Å². The van der Waals surface area contributed by atoms with E-state index in [2.05, 4.69) is 20.5 Å². The van der Waals surface area contributed by atoms with Gasteiger partial charge in [-0.25, -0.2) is 27.1 Å². The van der Waals surface area contributed by atoms with E-state index in [1.807, 2.05) is 0 Å². The van der Waals surface area contributed by atoms with Gasteiger partial charge in [0, 0.05) is 35.5 Å². The Morgan fingerprint density at radius 2 is 1.80 bits per heavy atom. The highest BCUT2D eigenvalue weighted by atomic mass is 19.4. The Bertz CT molecular complexity index is 1470. The fourth-order valence-corrected chi connectivity index (χ4v) is 3.52. The van der Waals surface area contributed by atoms with Crippen molar-refractivity contribution in [3.05, 3.63) is 76.5 Å². The van der Waals surface area contributed by atoms with Crippen molar-refractivity contribution < 1.29 is 35.5 Å². The molecule has 0 saturated heterocycles. The molecule has 1 N–H and O–H groups in total. The third-order valence-electron chi connectivity index (χ3n) is 5.39. The average Bonchev–Trinajstić information content (AvgIpc) is 3.40. The van der Waals surface area contributed by atoms with Crippen molar-refractivity contribution in [1.29, 1.82) is 0 Å². The van der Waals surface area contributed by atoms with Crippen molar-refractivity contribution in [3.63, 3.8) is 0 Å². The van der Waals surface area contributed by atoms with Crippen LogP contribution in [0.4, 0.5) is 36.4 Å². The summed E-state index contributed by atoms with van der Waals surface area (Å²) < 4.78 is 96.3. The van der Waals surface area contributed by atoms with Crippen LogP contribution in [0.15, 0.2) is 30.6 Å². The Balaban J connectivity index is 1.38. The molecule has 0 unspecified atom stereocenters. The van der Waals surface area contributed by atoms with Gasteiger partial charge < -0.3 is 5.32 Å². The third-order valence-corrected chi connectivity index (χ3v) is 5.39. The summed E-state index contributed by atoms with van der Waals surface area (Å²) in [6, 6.07) is 2.22. The number of anilines is 1. The maximum absolute atomic E-state index is 13.9. The minimum atomic E-state index is -4.73. The lowest BCUT2D eigenvalue weighted by Gasteiger charge is -2.10. The van der Waals surface area contributed by atoms with Gasteiger partial charge in [-0.05, 0) is 18.9 Å². The zero-order valence-electron chi connectivity index (χ0n) is 17.4. The van der Waals surface area contributed by atoms with E-state index in [9.17, 15) is 35.5 Å². The zero-order chi connectivity index (χ0) is 25.1. The summed E-state index contributed by atoms with van der Waals surface area (Å²) in [7, 11) is 0. The SMILES string of the molecule is O=C(Nc1cnn(Cc2c(F)cc(F)c(F)c2F)c1)c1cc2nc(C3CC3)cc(C(F)(F)F)n2n1. The van der Waals surface area contributed by atoms with Gasteiger partial charge in [-0.3, -0.25) is 9.48 Å². The Morgan fingerprint density at radius 1 is 1.06 bits per heavy atom. The quantitative estimate of drug-likeness (QED) is 0.246. The van der Waals surface area contributed by atoms with Crippen LogP contribution in [0.25, 0.3) is 5.65 Å². The lowest BCUT2D eigenvalue weighted by molar-refractivity contribution is -0.142. The molecular formula is C21H13F7N6O. The van der Waals surface area contributed by atoms with E-state index < -0.39 is 53.2 Å². The van der Waals surface area contributed by atoms with Gasteiger partial charge in [0.25, 0.3) is 5.91 Å². The van der Waals surface area contributed by atoms with Gasteiger partial charge in [-0.1, -0.05) is 0 Å². The summed E-state index contributed by atoms with van der Waals surface area (Å²) in [5.41, 5.74) is -2.07. The van der Waals surface area contributed by atoms with E-state index in [0.29, 0.717) is 4.52 Å². The average molecular weight is 498 g/mol. The molecule has 1 aliphatic rings.